The fraction of sp³-hybridized carbons (Fsp3) is 0.667. The highest BCUT2D eigenvalue weighted by molar-refractivity contribution is 5.73. The maximum absolute atomic E-state index is 11.5. The molecule has 0 amide bonds. The van der Waals surface area contributed by atoms with Crippen LogP contribution in [0.2, 0.25) is 0 Å². The van der Waals surface area contributed by atoms with Gasteiger partial charge in [-0.05, 0) is 20.3 Å². The molecule has 5 heteroatoms. The van der Waals surface area contributed by atoms with Crippen LogP contribution >= 0.6 is 0 Å². The molecule has 0 saturated heterocycles. The molecule has 0 bridgehead atoms. The first-order valence-electron chi connectivity index (χ1n) is 5.81. The van der Waals surface area contributed by atoms with Gasteiger partial charge >= 0.3 is 5.97 Å². The zero-order chi connectivity index (χ0) is 13.0. The number of aliphatic hydroxyl groups is 1. The molecule has 96 valence electrons. The highest BCUT2D eigenvalue weighted by Gasteiger charge is 2.28. The normalized spacial score (nSPS) is 14.7. The van der Waals surface area contributed by atoms with Gasteiger partial charge in [-0.2, -0.15) is 5.10 Å². The molecule has 0 saturated carbocycles. The molecular formula is C12H20N2O3. The van der Waals surface area contributed by atoms with Crippen molar-refractivity contribution in [3.05, 3.63) is 18.0 Å². The van der Waals surface area contributed by atoms with E-state index in [1.165, 1.54) is 7.11 Å². The fourth-order valence-corrected chi connectivity index (χ4v) is 1.69. The van der Waals surface area contributed by atoms with Gasteiger partial charge in [0.25, 0.3) is 0 Å². The van der Waals surface area contributed by atoms with Gasteiger partial charge in [0.15, 0.2) is 0 Å². The van der Waals surface area contributed by atoms with E-state index in [0.717, 1.165) is 0 Å². The van der Waals surface area contributed by atoms with E-state index in [2.05, 4.69) is 9.84 Å². The van der Waals surface area contributed by atoms with E-state index in [1.54, 1.807) is 17.1 Å². The predicted molar refractivity (Wildman–Crippen MR) is 63.4 cm³/mol. The Bertz CT molecular complexity index is 374. The molecule has 17 heavy (non-hydrogen) atoms. The van der Waals surface area contributed by atoms with E-state index in [-0.39, 0.29) is 6.04 Å². The minimum Gasteiger partial charge on any atom is -0.469 e. The molecule has 0 aromatic carbocycles. The zero-order valence-electron chi connectivity index (χ0n) is 10.8. The van der Waals surface area contributed by atoms with Gasteiger partial charge in [-0.1, -0.05) is 6.92 Å². The lowest BCUT2D eigenvalue weighted by atomic mass is 9.95. The summed E-state index contributed by atoms with van der Waals surface area (Å²) in [6.45, 7) is 5.85. The summed E-state index contributed by atoms with van der Waals surface area (Å²) in [5, 5.41) is 14.3. The van der Waals surface area contributed by atoms with E-state index in [4.69, 9.17) is 0 Å². The summed E-state index contributed by atoms with van der Waals surface area (Å²) < 4.78 is 6.43. The summed E-state index contributed by atoms with van der Waals surface area (Å²) in [6.07, 6.45) is 3.03. The number of carbonyl (C=O) groups excluding carboxylic acids is 1. The summed E-state index contributed by atoms with van der Waals surface area (Å²) >= 11 is 0. The lowest BCUT2D eigenvalue weighted by Crippen LogP contribution is -2.22. The summed E-state index contributed by atoms with van der Waals surface area (Å²) in [6, 6.07) is 0.231. The third-order valence-corrected chi connectivity index (χ3v) is 2.82. The van der Waals surface area contributed by atoms with Crippen LogP contribution in [0.3, 0.4) is 0 Å². The molecule has 1 aromatic heterocycles. The van der Waals surface area contributed by atoms with Crippen molar-refractivity contribution in [2.24, 2.45) is 5.92 Å². The number of aromatic nitrogens is 2. The molecular weight excluding hydrogens is 220 g/mol. The van der Waals surface area contributed by atoms with Gasteiger partial charge in [-0.15, -0.1) is 0 Å². The number of hydrogen-bond acceptors (Lipinski definition) is 4. The predicted octanol–water partition coefficient (Wildman–Crippen LogP) is 1.70. The van der Waals surface area contributed by atoms with Gasteiger partial charge in [0.2, 0.25) is 0 Å². The van der Waals surface area contributed by atoms with Crippen molar-refractivity contribution in [2.45, 2.75) is 39.3 Å². The standard InChI is InChI=1S/C12H20N2O3/c1-5-10(12(16)17-4)11(15)9-6-13-14(7-9)8(2)3/h6-8,10-11,15H,5H2,1-4H3. The maximum atomic E-state index is 11.5. The molecule has 1 heterocycles. The average molecular weight is 240 g/mol. The highest BCUT2D eigenvalue weighted by atomic mass is 16.5. The number of methoxy groups -OCH3 is 1. The number of ether oxygens (including phenoxy) is 1. The Morgan fingerprint density at radius 2 is 2.24 bits per heavy atom. The molecule has 5 nitrogen and oxygen atoms in total. The van der Waals surface area contributed by atoms with Crippen molar-refractivity contribution in [1.82, 2.24) is 9.78 Å². The molecule has 0 aliphatic carbocycles. The number of carbonyl (C=O) groups is 1. The van der Waals surface area contributed by atoms with E-state index in [0.29, 0.717) is 12.0 Å². The van der Waals surface area contributed by atoms with E-state index >= 15 is 0 Å². The molecule has 0 fully saturated rings. The third-order valence-electron chi connectivity index (χ3n) is 2.82. The number of hydrogen-bond donors (Lipinski definition) is 1. The quantitative estimate of drug-likeness (QED) is 0.795. The van der Waals surface area contributed by atoms with Crippen LogP contribution in [0.1, 0.15) is 44.9 Å². The zero-order valence-corrected chi connectivity index (χ0v) is 10.8. The number of rotatable bonds is 5. The van der Waals surface area contributed by atoms with Crippen molar-refractivity contribution >= 4 is 5.97 Å². The number of esters is 1. The first-order chi connectivity index (χ1) is 8.01. The van der Waals surface area contributed by atoms with E-state index in [9.17, 15) is 9.90 Å². The number of aliphatic hydroxyl groups excluding tert-OH is 1. The SMILES string of the molecule is CCC(C(=O)OC)C(O)c1cnn(C(C)C)c1. The van der Waals surface area contributed by atoms with Crippen molar-refractivity contribution in [3.8, 4) is 0 Å². The van der Waals surface area contributed by atoms with Crippen LogP contribution in [-0.2, 0) is 9.53 Å². The molecule has 1 rings (SSSR count). The van der Waals surface area contributed by atoms with Gasteiger partial charge in [0, 0.05) is 17.8 Å². The summed E-state index contributed by atoms with van der Waals surface area (Å²) in [5.41, 5.74) is 0.649. The largest absolute Gasteiger partial charge is 0.469 e. The van der Waals surface area contributed by atoms with Crippen molar-refractivity contribution in [2.75, 3.05) is 7.11 Å². The Hall–Kier alpha value is -1.36. The van der Waals surface area contributed by atoms with Crippen molar-refractivity contribution < 1.29 is 14.6 Å². The van der Waals surface area contributed by atoms with Gasteiger partial charge in [0.05, 0.1) is 25.3 Å². The molecule has 1 N–H and O–H groups in total. The molecule has 0 spiro atoms. The lowest BCUT2D eigenvalue weighted by Gasteiger charge is -2.17. The van der Waals surface area contributed by atoms with Crippen LogP contribution in [0.4, 0.5) is 0 Å². The van der Waals surface area contributed by atoms with Crippen LogP contribution in [0, 0.1) is 5.92 Å². The molecule has 2 unspecified atom stereocenters. The Morgan fingerprint density at radius 3 is 2.65 bits per heavy atom. The summed E-state index contributed by atoms with van der Waals surface area (Å²) in [5.74, 6) is -0.929. The second-order valence-electron chi connectivity index (χ2n) is 4.33. The van der Waals surface area contributed by atoms with Crippen LogP contribution < -0.4 is 0 Å². The first kappa shape index (κ1) is 13.7. The first-order valence-corrected chi connectivity index (χ1v) is 5.81. The van der Waals surface area contributed by atoms with E-state index < -0.39 is 18.0 Å². The van der Waals surface area contributed by atoms with Crippen LogP contribution in [0.25, 0.3) is 0 Å². The Kier molecular flexibility index (Phi) is 4.69. The number of nitrogens with zero attached hydrogens (tertiary/aromatic N) is 2. The lowest BCUT2D eigenvalue weighted by molar-refractivity contribution is -0.149. The second-order valence-corrected chi connectivity index (χ2v) is 4.33. The Labute approximate surface area is 101 Å². The molecule has 0 aliphatic heterocycles. The molecule has 1 aromatic rings. The minimum atomic E-state index is -0.861. The summed E-state index contributed by atoms with van der Waals surface area (Å²) in [7, 11) is 1.33. The van der Waals surface area contributed by atoms with Crippen LogP contribution in [0.5, 0.6) is 0 Å². The van der Waals surface area contributed by atoms with Gasteiger partial charge in [0.1, 0.15) is 0 Å². The van der Waals surface area contributed by atoms with Crippen molar-refractivity contribution in [3.63, 3.8) is 0 Å². The highest BCUT2D eigenvalue weighted by Crippen LogP contribution is 2.25. The van der Waals surface area contributed by atoms with Crippen LogP contribution in [-0.4, -0.2) is 28.0 Å². The molecule has 2 atom stereocenters. The maximum Gasteiger partial charge on any atom is 0.311 e. The monoisotopic (exact) mass is 240 g/mol. The minimum absolute atomic E-state index is 0.231. The van der Waals surface area contributed by atoms with Gasteiger partial charge < -0.3 is 9.84 Å². The Morgan fingerprint density at radius 1 is 1.59 bits per heavy atom. The smallest absolute Gasteiger partial charge is 0.311 e. The molecule has 0 radical (unpaired) electrons. The van der Waals surface area contributed by atoms with Gasteiger partial charge in [-0.25, -0.2) is 0 Å². The van der Waals surface area contributed by atoms with Crippen LogP contribution in [0.15, 0.2) is 12.4 Å². The third kappa shape index (κ3) is 3.06. The fourth-order valence-electron chi connectivity index (χ4n) is 1.69. The average Bonchev–Trinajstić information content (AvgIpc) is 2.78. The van der Waals surface area contributed by atoms with Crippen molar-refractivity contribution in [1.29, 1.82) is 0 Å². The van der Waals surface area contributed by atoms with Gasteiger partial charge in [-0.3, -0.25) is 9.48 Å². The topological polar surface area (TPSA) is 64.3 Å². The Balaban J connectivity index is 2.86. The second kappa shape index (κ2) is 5.82. The van der Waals surface area contributed by atoms with E-state index in [1.807, 2.05) is 20.8 Å². The molecule has 0 aliphatic rings. The summed E-state index contributed by atoms with van der Waals surface area (Å²) in [4.78, 5) is 11.5.